The zero-order valence-electron chi connectivity index (χ0n) is 23.1. The Kier molecular flexibility index (Phi) is 18.8. The number of aromatic nitrogens is 3. The normalized spacial score (nSPS) is 12.4. The molecule has 0 aromatic carbocycles. The van der Waals surface area contributed by atoms with Gasteiger partial charge in [-0.05, 0) is 5.87 Å². The van der Waals surface area contributed by atoms with Crippen LogP contribution in [0.5, 0.6) is 0 Å². The summed E-state index contributed by atoms with van der Waals surface area (Å²) in [4.78, 5) is 35.4. The molecule has 0 radical (unpaired) electrons. The van der Waals surface area contributed by atoms with Crippen LogP contribution in [0.1, 0.15) is 67.1 Å². The number of carbonyl (C=O) groups is 3. The van der Waals surface area contributed by atoms with Crippen LogP contribution < -0.4 is 9.44 Å². The van der Waals surface area contributed by atoms with Crippen molar-refractivity contribution in [1.82, 2.24) is 28.9 Å². The van der Waals surface area contributed by atoms with Crippen molar-refractivity contribution in [2.24, 2.45) is 17.8 Å². The predicted octanol–water partition coefficient (Wildman–Crippen LogP) is 1.24. The van der Waals surface area contributed by atoms with E-state index < -0.39 is 31.8 Å². The van der Waals surface area contributed by atoms with Gasteiger partial charge in [-0.15, -0.1) is 0 Å². The van der Waals surface area contributed by atoms with Gasteiger partial charge >= 0.3 is 16.2 Å². The van der Waals surface area contributed by atoms with Crippen molar-refractivity contribution in [3.8, 4) is 0 Å². The van der Waals surface area contributed by atoms with Gasteiger partial charge < -0.3 is 5.11 Å². The molecule has 212 valence electrons. The van der Waals surface area contributed by atoms with Gasteiger partial charge in [0.05, 0.1) is 5.92 Å². The van der Waals surface area contributed by atoms with Crippen molar-refractivity contribution in [2.45, 2.75) is 61.3 Å². The molecule has 0 spiro atoms. The Balaban J connectivity index is -0.000000415. The van der Waals surface area contributed by atoms with Gasteiger partial charge in [-0.2, -0.15) is 17.8 Å². The molecule has 1 rings (SSSR count). The monoisotopic (exact) mass is 556 g/mol. The molecule has 1 atom stereocenters. The highest BCUT2D eigenvalue weighted by molar-refractivity contribution is 7.98. The lowest BCUT2D eigenvalue weighted by molar-refractivity contribution is -0.140. The number of amides is 2. The molecule has 1 heterocycles. The van der Waals surface area contributed by atoms with Gasteiger partial charge in [0.1, 0.15) is 12.2 Å². The summed E-state index contributed by atoms with van der Waals surface area (Å²) in [6.45, 7) is 14.1. The maximum absolute atomic E-state index is 11.0. The van der Waals surface area contributed by atoms with E-state index in [1.165, 1.54) is 26.7 Å². The molecule has 0 aliphatic rings. The van der Waals surface area contributed by atoms with Crippen molar-refractivity contribution >= 4 is 43.6 Å². The highest BCUT2D eigenvalue weighted by Gasteiger charge is 2.18. The first kappa shape index (κ1) is 38.0. The van der Waals surface area contributed by atoms with Gasteiger partial charge in [-0.1, -0.05) is 55.4 Å². The summed E-state index contributed by atoms with van der Waals surface area (Å²) in [5.74, 6) is 2.53. The first-order valence-corrected chi connectivity index (χ1v) is 14.6. The zero-order chi connectivity index (χ0) is 29.4. The fourth-order valence-electron chi connectivity index (χ4n) is 1.16. The largest absolute Gasteiger partial charge is 0.481 e. The standard InChI is InChI=1S/C6H14N2O3S.C6H13NO2S.C5H9N3.C4H8O2/c1-5(2)6(9)7-12(10,11)8(3)4;1-5(2)6(8)7-10(3,4)9;1-4(2)5-6-3-7-8-5;1-3(2)4(5)6/h5H,1-4H3,(H,7,9);5H,3H2,1-2,4H3,(H,7,8,9);3-4H,1-2H3,(H,6,7,8);3H,1-2H3,(H,5,6). The van der Waals surface area contributed by atoms with E-state index >= 15 is 0 Å². The minimum atomic E-state index is -3.61. The second-order valence-corrected chi connectivity index (χ2v) is 13.2. The summed E-state index contributed by atoms with van der Waals surface area (Å²) in [6, 6.07) is 0. The fourth-order valence-corrected chi connectivity index (χ4v) is 2.49. The molecule has 0 saturated carbocycles. The fraction of sp³-hybridized carbons (Fsp3) is 0.714. The zero-order valence-corrected chi connectivity index (χ0v) is 24.8. The predicted molar refractivity (Wildman–Crippen MR) is 143 cm³/mol. The van der Waals surface area contributed by atoms with Crippen molar-refractivity contribution in [3.63, 3.8) is 0 Å². The number of hydrogen-bond acceptors (Lipinski definition) is 8. The lowest BCUT2D eigenvalue weighted by atomic mass is 10.2. The Morgan fingerprint density at radius 1 is 0.917 bits per heavy atom. The third-order valence-electron chi connectivity index (χ3n) is 3.55. The van der Waals surface area contributed by atoms with Crippen LogP contribution >= 0.6 is 0 Å². The summed E-state index contributed by atoms with van der Waals surface area (Å²) in [5, 5.41) is 14.5. The van der Waals surface area contributed by atoms with Crippen molar-refractivity contribution in [2.75, 3.05) is 20.4 Å². The first-order valence-electron chi connectivity index (χ1n) is 11.0. The number of carboxylic acid groups (broad SMARTS) is 1. The van der Waals surface area contributed by atoms with E-state index in [9.17, 15) is 27.0 Å². The molecule has 0 bridgehead atoms. The molecule has 4 N–H and O–H groups in total. The average Bonchev–Trinajstić information content (AvgIpc) is 3.22. The number of H-pyrrole nitrogens is 1. The molecule has 1 unspecified atom stereocenters. The topological polar surface area (TPSA) is 192 Å². The van der Waals surface area contributed by atoms with Gasteiger partial charge in [0.15, 0.2) is 0 Å². The van der Waals surface area contributed by atoms with Crippen LogP contribution in [-0.2, 0) is 34.3 Å². The minimum absolute atomic E-state index is 0.137. The molecule has 0 saturated heterocycles. The Bertz CT molecular complexity index is 986. The first-order chi connectivity index (χ1) is 16.0. The molecule has 15 heteroatoms. The van der Waals surface area contributed by atoms with Crippen LogP contribution in [-0.4, -0.2) is 81.2 Å². The molecule has 13 nitrogen and oxygen atoms in total. The molecule has 1 aromatic heterocycles. The SMILES string of the molecule is C=S(C)(=O)NC(=O)C(C)C.CC(C)C(=O)NS(=O)(=O)N(C)C.CC(C)C(=O)O.CC(C)c1ncn[nH]1. The van der Waals surface area contributed by atoms with E-state index in [4.69, 9.17) is 5.11 Å². The highest BCUT2D eigenvalue weighted by Crippen LogP contribution is 2.04. The second kappa shape index (κ2) is 17.8. The van der Waals surface area contributed by atoms with E-state index in [-0.39, 0.29) is 23.7 Å². The van der Waals surface area contributed by atoms with Gasteiger partial charge in [-0.25, -0.2) is 13.9 Å². The van der Waals surface area contributed by atoms with Crippen molar-refractivity contribution in [3.05, 3.63) is 12.2 Å². The lowest BCUT2D eigenvalue weighted by Crippen LogP contribution is -2.41. The van der Waals surface area contributed by atoms with Crippen LogP contribution in [0.4, 0.5) is 0 Å². The van der Waals surface area contributed by atoms with E-state index in [1.54, 1.807) is 41.5 Å². The summed E-state index contributed by atoms with van der Waals surface area (Å²) in [6.07, 6.45) is 2.92. The van der Waals surface area contributed by atoms with Crippen LogP contribution in [0.3, 0.4) is 0 Å². The van der Waals surface area contributed by atoms with Crippen LogP contribution in [0.15, 0.2) is 6.33 Å². The number of nitrogens with one attached hydrogen (secondary N) is 3. The van der Waals surface area contributed by atoms with Gasteiger partial charge in [0.2, 0.25) is 11.8 Å². The molecular weight excluding hydrogens is 512 g/mol. The Morgan fingerprint density at radius 3 is 1.47 bits per heavy atom. The van der Waals surface area contributed by atoms with Crippen LogP contribution in [0, 0.1) is 17.8 Å². The molecule has 0 aliphatic carbocycles. The van der Waals surface area contributed by atoms with Gasteiger partial charge in [0.25, 0.3) is 0 Å². The molecule has 36 heavy (non-hydrogen) atoms. The number of nitrogens with zero attached hydrogens (tertiary/aromatic N) is 3. The molecular formula is C21H44N6O7S2. The number of carbonyl (C=O) groups excluding carboxylic acids is 2. The maximum atomic E-state index is 11.0. The third kappa shape index (κ3) is 22.0. The Labute approximate surface area is 216 Å². The van der Waals surface area contributed by atoms with Crippen LogP contribution in [0.2, 0.25) is 0 Å². The number of aliphatic carboxylic acids is 1. The summed E-state index contributed by atoms with van der Waals surface area (Å²) >= 11 is 0. The minimum Gasteiger partial charge on any atom is -0.481 e. The summed E-state index contributed by atoms with van der Waals surface area (Å²) < 4.78 is 38.1. The van der Waals surface area contributed by atoms with Crippen LogP contribution in [0.25, 0.3) is 0 Å². The third-order valence-corrected chi connectivity index (χ3v) is 5.60. The summed E-state index contributed by atoms with van der Waals surface area (Å²) in [5.41, 5.74) is 0. The molecule has 0 fully saturated rings. The van der Waals surface area contributed by atoms with E-state index in [1.807, 2.05) is 4.72 Å². The number of aromatic amines is 1. The highest BCUT2D eigenvalue weighted by atomic mass is 32.2. The van der Waals surface area contributed by atoms with Gasteiger partial charge in [-0.3, -0.25) is 24.2 Å². The number of carboxylic acids is 1. The maximum Gasteiger partial charge on any atom is 0.305 e. The number of hydrogen-bond donors (Lipinski definition) is 4. The quantitative estimate of drug-likeness (QED) is 0.358. The molecule has 0 aliphatic heterocycles. The number of rotatable bonds is 7. The lowest BCUT2D eigenvalue weighted by Gasteiger charge is -2.13. The van der Waals surface area contributed by atoms with E-state index in [0.29, 0.717) is 5.92 Å². The van der Waals surface area contributed by atoms with Crippen molar-refractivity contribution < 1.29 is 32.1 Å². The van der Waals surface area contributed by atoms with Crippen molar-refractivity contribution in [1.29, 1.82) is 0 Å². The Morgan fingerprint density at radius 2 is 1.31 bits per heavy atom. The van der Waals surface area contributed by atoms with E-state index in [0.717, 1.165) is 10.1 Å². The Hall–Kier alpha value is -2.52. The molecule has 2 amide bonds. The van der Waals surface area contributed by atoms with Gasteiger partial charge in [0, 0.05) is 47.8 Å². The van der Waals surface area contributed by atoms with E-state index in [2.05, 4.69) is 39.6 Å². The smallest absolute Gasteiger partial charge is 0.305 e. The summed E-state index contributed by atoms with van der Waals surface area (Å²) in [7, 11) is -3.26. The second-order valence-electron chi connectivity index (χ2n) is 9.05. The molecule has 1 aromatic rings. The average molecular weight is 557 g/mol.